The molecule has 3 rings (SSSR count). The molecule has 0 fully saturated rings. The molecule has 4 N–H and O–H groups in total. The average Bonchev–Trinajstić information content (AvgIpc) is 3.26. The van der Waals surface area contributed by atoms with Gasteiger partial charge in [-0.2, -0.15) is 0 Å². The number of allylic oxidation sites excluding steroid dienone is 1. The van der Waals surface area contributed by atoms with Crippen molar-refractivity contribution < 1.29 is 9.53 Å². The van der Waals surface area contributed by atoms with Crippen molar-refractivity contribution in [2.24, 2.45) is 10.7 Å². The standard InChI is InChI=1S/C19H21N7O2/c1-4-28-19(27)25-18-23-16-9-14(26-10-12(2)22-11-26)8-15(17(16)24-18)13(3)21-7-5-6-20/h5-11H,3-4,20H2,1-2H3,(H2,23,24,25,27)/b6-5-,21-7-. The Balaban J connectivity index is 2.09. The van der Waals surface area contributed by atoms with Crippen LogP contribution in [0.1, 0.15) is 18.2 Å². The van der Waals surface area contributed by atoms with E-state index in [0.29, 0.717) is 16.7 Å². The molecule has 0 spiro atoms. The summed E-state index contributed by atoms with van der Waals surface area (Å²) in [6.07, 6.45) is 7.57. The molecule has 0 bridgehead atoms. The molecule has 0 saturated heterocycles. The maximum atomic E-state index is 11.7. The summed E-state index contributed by atoms with van der Waals surface area (Å²) in [5, 5.41) is 2.57. The van der Waals surface area contributed by atoms with Crippen molar-refractivity contribution in [2.45, 2.75) is 13.8 Å². The van der Waals surface area contributed by atoms with Crippen LogP contribution in [0, 0.1) is 6.92 Å². The predicted molar refractivity (Wildman–Crippen MR) is 109 cm³/mol. The van der Waals surface area contributed by atoms with E-state index < -0.39 is 6.09 Å². The summed E-state index contributed by atoms with van der Waals surface area (Å²) >= 11 is 0. The fourth-order valence-corrected chi connectivity index (χ4v) is 2.61. The average molecular weight is 379 g/mol. The molecule has 28 heavy (non-hydrogen) atoms. The van der Waals surface area contributed by atoms with Crippen LogP contribution in [0.2, 0.25) is 0 Å². The van der Waals surface area contributed by atoms with Crippen molar-refractivity contribution in [3.8, 4) is 5.69 Å². The molecule has 9 heteroatoms. The molecular formula is C19H21N7O2. The van der Waals surface area contributed by atoms with Crippen LogP contribution in [0.5, 0.6) is 0 Å². The minimum absolute atomic E-state index is 0.265. The van der Waals surface area contributed by atoms with Crippen LogP contribution in [0.25, 0.3) is 22.4 Å². The van der Waals surface area contributed by atoms with E-state index in [1.807, 2.05) is 29.8 Å². The van der Waals surface area contributed by atoms with Crippen molar-refractivity contribution in [2.75, 3.05) is 11.9 Å². The van der Waals surface area contributed by atoms with Crippen molar-refractivity contribution in [3.05, 3.63) is 54.8 Å². The van der Waals surface area contributed by atoms with E-state index in [4.69, 9.17) is 10.5 Å². The molecule has 1 amide bonds. The topological polar surface area (TPSA) is 123 Å². The molecule has 2 aromatic heterocycles. The highest BCUT2D eigenvalue weighted by Gasteiger charge is 2.14. The molecule has 0 unspecified atom stereocenters. The first-order chi connectivity index (χ1) is 13.5. The maximum Gasteiger partial charge on any atom is 0.413 e. The lowest BCUT2D eigenvalue weighted by Gasteiger charge is -2.07. The molecular weight excluding hydrogens is 358 g/mol. The number of carbonyl (C=O) groups is 1. The van der Waals surface area contributed by atoms with Crippen LogP contribution >= 0.6 is 0 Å². The van der Waals surface area contributed by atoms with Crippen LogP contribution in [-0.2, 0) is 4.74 Å². The van der Waals surface area contributed by atoms with Crippen LogP contribution in [0.4, 0.5) is 10.7 Å². The van der Waals surface area contributed by atoms with Gasteiger partial charge in [0.2, 0.25) is 5.95 Å². The lowest BCUT2D eigenvalue weighted by molar-refractivity contribution is 0.167. The lowest BCUT2D eigenvalue weighted by atomic mass is 10.1. The Bertz CT molecular complexity index is 1080. The number of hydrogen-bond acceptors (Lipinski definition) is 6. The molecule has 9 nitrogen and oxygen atoms in total. The number of nitrogens with zero attached hydrogens (tertiary/aromatic N) is 4. The van der Waals surface area contributed by atoms with Gasteiger partial charge in [0.25, 0.3) is 0 Å². The minimum atomic E-state index is -0.585. The summed E-state index contributed by atoms with van der Waals surface area (Å²) in [4.78, 5) is 27.8. The Morgan fingerprint density at radius 2 is 2.32 bits per heavy atom. The number of aliphatic imine (C=N–C) groups is 1. The quantitative estimate of drug-likeness (QED) is 0.568. The zero-order valence-electron chi connectivity index (χ0n) is 15.6. The Labute approximate surface area is 161 Å². The van der Waals surface area contributed by atoms with E-state index in [1.54, 1.807) is 25.5 Å². The summed E-state index contributed by atoms with van der Waals surface area (Å²) in [6, 6.07) is 3.80. The lowest BCUT2D eigenvalue weighted by Crippen LogP contribution is -2.14. The molecule has 0 saturated carbocycles. The van der Waals surface area contributed by atoms with Crippen LogP contribution in [0.3, 0.4) is 0 Å². The molecule has 0 atom stereocenters. The summed E-state index contributed by atoms with van der Waals surface area (Å²) in [5.74, 6) is 0.271. The Morgan fingerprint density at radius 1 is 1.50 bits per heavy atom. The predicted octanol–water partition coefficient (Wildman–Crippen LogP) is 3.14. The number of aryl methyl sites for hydroxylation is 1. The van der Waals surface area contributed by atoms with Gasteiger partial charge in [-0.15, -0.1) is 0 Å². The van der Waals surface area contributed by atoms with Gasteiger partial charge in [0.05, 0.1) is 35.4 Å². The molecule has 0 aliphatic rings. The van der Waals surface area contributed by atoms with E-state index in [2.05, 4.69) is 31.8 Å². The number of nitrogens with one attached hydrogen (secondary N) is 2. The molecule has 3 aromatic rings. The van der Waals surface area contributed by atoms with Crippen LogP contribution < -0.4 is 11.1 Å². The number of H-pyrrole nitrogens is 1. The third-order valence-corrected chi connectivity index (χ3v) is 3.82. The number of nitrogens with two attached hydrogens (primary N) is 1. The second kappa shape index (κ2) is 8.21. The van der Waals surface area contributed by atoms with Crippen LogP contribution in [0.15, 0.2) is 48.5 Å². The number of fused-ring (bicyclic) bond motifs is 1. The molecule has 0 aliphatic heterocycles. The van der Waals surface area contributed by atoms with Crippen molar-refractivity contribution in [3.63, 3.8) is 0 Å². The summed E-state index contributed by atoms with van der Waals surface area (Å²) in [5.41, 5.74) is 9.62. The number of imidazole rings is 2. The fourth-order valence-electron chi connectivity index (χ4n) is 2.61. The fraction of sp³-hybridized carbons (Fsp3) is 0.158. The van der Waals surface area contributed by atoms with Gasteiger partial charge in [0, 0.05) is 23.7 Å². The number of rotatable bonds is 6. The monoisotopic (exact) mass is 379 g/mol. The molecule has 144 valence electrons. The van der Waals surface area contributed by atoms with Crippen molar-refractivity contribution in [1.82, 2.24) is 19.5 Å². The van der Waals surface area contributed by atoms with E-state index in [9.17, 15) is 4.79 Å². The maximum absolute atomic E-state index is 11.7. The molecule has 1 aromatic carbocycles. The Hall–Kier alpha value is -3.88. The van der Waals surface area contributed by atoms with Gasteiger partial charge in [0.15, 0.2) is 0 Å². The third kappa shape index (κ3) is 4.09. The summed E-state index contributed by atoms with van der Waals surface area (Å²) < 4.78 is 6.77. The van der Waals surface area contributed by atoms with Gasteiger partial charge in [-0.05, 0) is 38.3 Å². The van der Waals surface area contributed by atoms with E-state index >= 15 is 0 Å². The Kier molecular flexibility index (Phi) is 5.54. The number of hydrogen-bond donors (Lipinski definition) is 3. The van der Waals surface area contributed by atoms with Crippen molar-refractivity contribution in [1.29, 1.82) is 0 Å². The highest BCUT2D eigenvalue weighted by molar-refractivity contribution is 5.95. The normalized spacial score (nSPS) is 11.5. The van der Waals surface area contributed by atoms with Gasteiger partial charge >= 0.3 is 6.09 Å². The number of carbonyl (C=O) groups excluding carboxylic acids is 1. The van der Waals surface area contributed by atoms with Gasteiger partial charge in [-0.3, -0.25) is 10.3 Å². The largest absolute Gasteiger partial charge is 0.450 e. The second-order valence-electron chi connectivity index (χ2n) is 5.85. The molecule has 0 aliphatic carbocycles. The molecule has 0 radical (unpaired) electrons. The highest BCUT2D eigenvalue weighted by atomic mass is 16.5. The number of ether oxygens (including phenoxy) is 1. The smallest absolute Gasteiger partial charge is 0.413 e. The third-order valence-electron chi connectivity index (χ3n) is 3.82. The number of aromatic nitrogens is 4. The first-order valence-electron chi connectivity index (χ1n) is 8.60. The van der Waals surface area contributed by atoms with E-state index in [-0.39, 0.29) is 12.6 Å². The first kappa shape index (κ1) is 18.9. The molecule has 2 heterocycles. The number of anilines is 1. The van der Waals surface area contributed by atoms with E-state index in [0.717, 1.165) is 16.9 Å². The minimum Gasteiger partial charge on any atom is -0.450 e. The van der Waals surface area contributed by atoms with Crippen molar-refractivity contribution >= 4 is 35.0 Å². The Morgan fingerprint density at radius 3 is 3.00 bits per heavy atom. The highest BCUT2D eigenvalue weighted by Crippen LogP contribution is 2.28. The number of amides is 1. The summed E-state index contributed by atoms with van der Waals surface area (Å²) in [7, 11) is 0. The number of aromatic amines is 1. The zero-order valence-corrected chi connectivity index (χ0v) is 15.6. The van der Waals surface area contributed by atoms with E-state index in [1.165, 1.54) is 6.20 Å². The number of benzene rings is 1. The van der Waals surface area contributed by atoms with Gasteiger partial charge in [-0.25, -0.2) is 14.8 Å². The van der Waals surface area contributed by atoms with Gasteiger partial charge in [0.1, 0.15) is 0 Å². The van der Waals surface area contributed by atoms with Gasteiger partial charge in [-0.1, -0.05) is 6.58 Å². The summed E-state index contributed by atoms with van der Waals surface area (Å²) in [6.45, 7) is 7.94. The first-order valence-corrected chi connectivity index (χ1v) is 8.60. The second-order valence-corrected chi connectivity index (χ2v) is 5.85. The zero-order chi connectivity index (χ0) is 20.1. The van der Waals surface area contributed by atoms with Crippen LogP contribution in [-0.4, -0.2) is 38.4 Å². The van der Waals surface area contributed by atoms with Gasteiger partial charge < -0.3 is 20.0 Å². The SMILES string of the molecule is C=C(/N=C\C=C/N)c1cc(-n2cnc(C)c2)cc2nc(NC(=O)OCC)[nH]c12.